The van der Waals surface area contributed by atoms with Crippen LogP contribution >= 0.6 is 23.4 Å². The van der Waals surface area contributed by atoms with Gasteiger partial charge in [-0.3, -0.25) is 19.5 Å². The SMILES string of the molecule is CCc1ccc(N2C[C@H](C(=O)N(C3=N[C@H](C)CS3)c3ccc(Cl)cc3)CC2=O)cc1. The Hall–Kier alpha value is -2.31. The Kier molecular flexibility index (Phi) is 6.16. The molecule has 1 fully saturated rings. The number of nitrogens with zero attached hydrogens (tertiary/aromatic N) is 3. The molecule has 156 valence electrons. The molecule has 2 aromatic carbocycles. The predicted octanol–water partition coefficient (Wildman–Crippen LogP) is 4.78. The highest BCUT2D eigenvalue weighted by Crippen LogP contribution is 2.32. The molecule has 0 saturated carbocycles. The van der Waals surface area contributed by atoms with E-state index in [2.05, 4.69) is 11.9 Å². The molecule has 2 aliphatic rings. The van der Waals surface area contributed by atoms with Gasteiger partial charge in [0.25, 0.3) is 0 Å². The van der Waals surface area contributed by atoms with Gasteiger partial charge >= 0.3 is 0 Å². The van der Waals surface area contributed by atoms with Crippen LogP contribution in [0.4, 0.5) is 11.4 Å². The van der Waals surface area contributed by atoms with Gasteiger partial charge < -0.3 is 4.90 Å². The van der Waals surface area contributed by atoms with Crippen LogP contribution in [-0.4, -0.2) is 35.3 Å². The minimum absolute atomic E-state index is 0.0250. The van der Waals surface area contributed by atoms with Crippen molar-refractivity contribution in [3.05, 3.63) is 59.1 Å². The molecule has 7 heteroatoms. The molecule has 5 nitrogen and oxygen atoms in total. The van der Waals surface area contributed by atoms with E-state index in [4.69, 9.17) is 11.6 Å². The van der Waals surface area contributed by atoms with Gasteiger partial charge in [0.05, 0.1) is 17.6 Å². The van der Waals surface area contributed by atoms with Crippen LogP contribution in [0.1, 0.15) is 25.8 Å². The lowest BCUT2D eigenvalue weighted by Gasteiger charge is -2.25. The molecular weight excluding hydrogens is 418 g/mol. The van der Waals surface area contributed by atoms with E-state index in [1.54, 1.807) is 33.7 Å². The smallest absolute Gasteiger partial charge is 0.238 e. The first-order chi connectivity index (χ1) is 14.5. The zero-order valence-corrected chi connectivity index (χ0v) is 18.6. The second-order valence-corrected chi connectivity index (χ2v) is 9.07. The fourth-order valence-electron chi connectivity index (χ4n) is 3.72. The lowest BCUT2D eigenvalue weighted by Crippen LogP contribution is -2.40. The third kappa shape index (κ3) is 4.25. The molecule has 30 heavy (non-hydrogen) atoms. The number of aliphatic imine (C=N–C) groups is 1. The summed E-state index contributed by atoms with van der Waals surface area (Å²) in [5.41, 5.74) is 2.78. The van der Waals surface area contributed by atoms with Gasteiger partial charge in [0.15, 0.2) is 5.17 Å². The average Bonchev–Trinajstić information content (AvgIpc) is 3.35. The van der Waals surface area contributed by atoms with Crippen LogP contribution in [-0.2, 0) is 16.0 Å². The Morgan fingerprint density at radius 3 is 2.50 bits per heavy atom. The standard InChI is InChI=1S/C23H24ClN3O2S/c1-3-16-4-8-19(9-5-16)26-13-17(12-21(26)28)22(29)27(23-25-15(2)14-30-23)20-10-6-18(24)7-11-20/h4-11,15,17H,3,12-14H2,1-2H3/t15-,17-/m1/s1. The Morgan fingerprint density at radius 1 is 1.20 bits per heavy atom. The number of amides is 2. The van der Waals surface area contributed by atoms with Gasteiger partial charge in [-0.25, -0.2) is 0 Å². The zero-order chi connectivity index (χ0) is 21.3. The first-order valence-electron chi connectivity index (χ1n) is 10.2. The molecule has 0 bridgehead atoms. The van der Waals surface area contributed by atoms with E-state index in [0.29, 0.717) is 16.7 Å². The highest BCUT2D eigenvalue weighted by molar-refractivity contribution is 8.14. The quantitative estimate of drug-likeness (QED) is 0.686. The lowest BCUT2D eigenvalue weighted by molar-refractivity contribution is -0.123. The number of rotatable bonds is 4. The molecule has 2 heterocycles. The lowest BCUT2D eigenvalue weighted by atomic mass is 10.1. The van der Waals surface area contributed by atoms with Crippen molar-refractivity contribution in [1.29, 1.82) is 0 Å². The molecular formula is C23H24ClN3O2S. The zero-order valence-electron chi connectivity index (χ0n) is 17.0. The third-order valence-electron chi connectivity index (χ3n) is 5.41. The summed E-state index contributed by atoms with van der Waals surface area (Å²) in [6.07, 6.45) is 1.15. The molecule has 0 radical (unpaired) electrons. The first-order valence-corrected chi connectivity index (χ1v) is 11.5. The van der Waals surface area contributed by atoms with Crippen LogP contribution in [0.5, 0.6) is 0 Å². The molecule has 2 atom stereocenters. The number of carbonyl (C=O) groups excluding carboxylic acids is 2. The normalized spacial score (nSPS) is 21.1. The second-order valence-electron chi connectivity index (χ2n) is 7.65. The molecule has 4 rings (SSSR count). The van der Waals surface area contributed by atoms with Crippen molar-refractivity contribution in [1.82, 2.24) is 0 Å². The molecule has 0 aromatic heterocycles. The van der Waals surface area contributed by atoms with Crippen LogP contribution < -0.4 is 9.80 Å². The van der Waals surface area contributed by atoms with Crippen molar-refractivity contribution in [2.24, 2.45) is 10.9 Å². The maximum atomic E-state index is 13.6. The number of thioether (sulfide) groups is 1. The van der Waals surface area contributed by atoms with Crippen molar-refractivity contribution in [3.63, 3.8) is 0 Å². The van der Waals surface area contributed by atoms with Crippen molar-refractivity contribution < 1.29 is 9.59 Å². The molecule has 2 aromatic rings. The van der Waals surface area contributed by atoms with E-state index in [0.717, 1.165) is 23.5 Å². The summed E-state index contributed by atoms with van der Waals surface area (Å²) in [6.45, 7) is 4.51. The van der Waals surface area contributed by atoms with Gasteiger partial charge in [-0.1, -0.05) is 42.4 Å². The number of carbonyl (C=O) groups is 2. The molecule has 0 unspecified atom stereocenters. The summed E-state index contributed by atoms with van der Waals surface area (Å²) in [7, 11) is 0. The highest BCUT2D eigenvalue weighted by atomic mass is 35.5. The van der Waals surface area contributed by atoms with Gasteiger partial charge in [0, 0.05) is 29.4 Å². The van der Waals surface area contributed by atoms with E-state index in [9.17, 15) is 9.59 Å². The molecule has 0 N–H and O–H groups in total. The topological polar surface area (TPSA) is 53.0 Å². The van der Waals surface area contributed by atoms with E-state index in [1.165, 1.54) is 5.56 Å². The van der Waals surface area contributed by atoms with Crippen LogP contribution in [0, 0.1) is 5.92 Å². The van der Waals surface area contributed by atoms with Gasteiger partial charge in [0.2, 0.25) is 11.8 Å². The number of anilines is 2. The molecule has 2 amide bonds. The van der Waals surface area contributed by atoms with E-state index in [1.807, 2.05) is 43.3 Å². The number of hydrogen-bond acceptors (Lipinski definition) is 4. The molecule has 2 aliphatic heterocycles. The predicted molar refractivity (Wildman–Crippen MR) is 125 cm³/mol. The Morgan fingerprint density at radius 2 is 1.90 bits per heavy atom. The van der Waals surface area contributed by atoms with Crippen molar-refractivity contribution >= 4 is 51.7 Å². The maximum Gasteiger partial charge on any atom is 0.238 e. The van der Waals surface area contributed by atoms with Crippen LogP contribution in [0.3, 0.4) is 0 Å². The Labute approximate surface area is 186 Å². The number of halogens is 1. The molecule has 0 spiro atoms. The summed E-state index contributed by atoms with van der Waals surface area (Å²) in [5.74, 6) is 0.298. The second kappa shape index (κ2) is 8.82. The van der Waals surface area contributed by atoms with Crippen molar-refractivity contribution in [2.75, 3.05) is 22.1 Å². The van der Waals surface area contributed by atoms with Gasteiger partial charge in [-0.05, 0) is 55.3 Å². The van der Waals surface area contributed by atoms with Gasteiger partial charge in [0.1, 0.15) is 0 Å². The van der Waals surface area contributed by atoms with Crippen molar-refractivity contribution in [3.8, 4) is 0 Å². The summed E-state index contributed by atoms with van der Waals surface area (Å²) < 4.78 is 0. The van der Waals surface area contributed by atoms with E-state index in [-0.39, 0.29) is 24.3 Å². The van der Waals surface area contributed by atoms with Gasteiger partial charge in [-0.2, -0.15) is 0 Å². The average molecular weight is 442 g/mol. The van der Waals surface area contributed by atoms with E-state index >= 15 is 0 Å². The van der Waals surface area contributed by atoms with Crippen LogP contribution in [0.2, 0.25) is 5.02 Å². The molecule has 1 saturated heterocycles. The van der Waals surface area contributed by atoms with E-state index < -0.39 is 5.92 Å². The maximum absolute atomic E-state index is 13.6. The Balaban J connectivity index is 1.59. The fraction of sp³-hybridized carbons (Fsp3) is 0.348. The summed E-state index contributed by atoms with van der Waals surface area (Å²) in [6, 6.07) is 15.3. The summed E-state index contributed by atoms with van der Waals surface area (Å²) >= 11 is 7.61. The summed E-state index contributed by atoms with van der Waals surface area (Å²) in [4.78, 5) is 34.3. The number of amidine groups is 1. The largest absolute Gasteiger partial charge is 0.312 e. The molecule has 0 aliphatic carbocycles. The third-order valence-corrected chi connectivity index (χ3v) is 6.86. The summed E-state index contributed by atoms with van der Waals surface area (Å²) in [5, 5.41) is 1.30. The minimum atomic E-state index is -0.418. The van der Waals surface area contributed by atoms with Gasteiger partial charge in [-0.15, -0.1) is 0 Å². The monoisotopic (exact) mass is 441 g/mol. The number of benzene rings is 2. The highest BCUT2D eigenvalue weighted by Gasteiger charge is 2.39. The van der Waals surface area contributed by atoms with Crippen LogP contribution in [0.15, 0.2) is 53.5 Å². The number of aryl methyl sites for hydroxylation is 1. The van der Waals surface area contributed by atoms with Crippen LogP contribution in [0.25, 0.3) is 0 Å². The van der Waals surface area contributed by atoms with Crippen molar-refractivity contribution in [2.45, 2.75) is 32.7 Å². The number of hydrogen-bond donors (Lipinski definition) is 0. The first kappa shape index (κ1) is 20.9. The minimum Gasteiger partial charge on any atom is -0.312 e. The Bertz CT molecular complexity index is 975. The fourth-order valence-corrected chi connectivity index (χ4v) is 4.89.